The summed E-state index contributed by atoms with van der Waals surface area (Å²) in [4.78, 5) is 15.2. The first-order valence-corrected chi connectivity index (χ1v) is 5.67. The van der Waals surface area contributed by atoms with Gasteiger partial charge in [0.2, 0.25) is 0 Å². The number of ether oxygens (including phenoxy) is 2. The fourth-order valence-corrected chi connectivity index (χ4v) is 1.41. The fourth-order valence-electron chi connectivity index (χ4n) is 1.41. The summed E-state index contributed by atoms with van der Waals surface area (Å²) in [5.41, 5.74) is 5.95. The van der Waals surface area contributed by atoms with E-state index in [2.05, 4.69) is 16.6 Å². The molecule has 0 spiro atoms. The van der Waals surface area contributed by atoms with E-state index in [1.165, 1.54) is 7.11 Å². The molecule has 0 saturated carbocycles. The molecule has 0 aliphatic rings. The van der Waals surface area contributed by atoms with Gasteiger partial charge in [0.05, 0.1) is 13.4 Å². The van der Waals surface area contributed by atoms with E-state index in [0.717, 1.165) is 19.4 Å². The van der Waals surface area contributed by atoms with Crippen LogP contribution in [0.2, 0.25) is 0 Å². The molecule has 2 N–H and O–H groups in total. The number of imidazole rings is 1. The maximum atomic E-state index is 11.3. The molecule has 0 fully saturated rings. The molecule has 0 aromatic carbocycles. The predicted molar refractivity (Wildman–Crippen MR) is 63.7 cm³/mol. The van der Waals surface area contributed by atoms with Crippen molar-refractivity contribution < 1.29 is 14.3 Å². The minimum Gasteiger partial charge on any atom is -0.464 e. The van der Waals surface area contributed by atoms with Crippen molar-refractivity contribution in [2.45, 2.75) is 26.3 Å². The summed E-state index contributed by atoms with van der Waals surface area (Å²) in [6.45, 7) is 4.20. The molecule has 0 saturated heterocycles. The first kappa shape index (κ1) is 13.5. The first-order valence-electron chi connectivity index (χ1n) is 5.67. The molecular weight excluding hydrogens is 222 g/mol. The number of aromatic nitrogens is 2. The molecule has 0 aliphatic carbocycles. The lowest BCUT2D eigenvalue weighted by atomic mass is 10.4. The average Bonchev–Trinajstić information content (AvgIpc) is 2.70. The largest absolute Gasteiger partial charge is 0.464 e. The molecule has 0 radical (unpaired) electrons. The summed E-state index contributed by atoms with van der Waals surface area (Å²) in [7, 11) is 1.30. The Labute approximate surface area is 101 Å². The van der Waals surface area contributed by atoms with Crippen LogP contribution in [0, 0.1) is 0 Å². The van der Waals surface area contributed by atoms with Crippen LogP contribution >= 0.6 is 0 Å². The van der Waals surface area contributed by atoms with Crippen LogP contribution in [-0.4, -0.2) is 35.8 Å². The Bertz CT molecular complexity index is 363. The second kappa shape index (κ2) is 6.90. The van der Waals surface area contributed by atoms with Gasteiger partial charge in [-0.15, -0.1) is 0 Å². The van der Waals surface area contributed by atoms with Gasteiger partial charge < -0.3 is 19.8 Å². The molecule has 17 heavy (non-hydrogen) atoms. The van der Waals surface area contributed by atoms with Crippen molar-refractivity contribution in [1.29, 1.82) is 0 Å². The van der Waals surface area contributed by atoms with Gasteiger partial charge in [0, 0.05) is 19.8 Å². The number of aryl methyl sites for hydroxylation is 1. The van der Waals surface area contributed by atoms with Crippen LogP contribution in [0.15, 0.2) is 6.33 Å². The van der Waals surface area contributed by atoms with Gasteiger partial charge in [0.1, 0.15) is 5.82 Å². The van der Waals surface area contributed by atoms with Gasteiger partial charge in [-0.3, -0.25) is 0 Å². The molecule has 0 bridgehead atoms. The van der Waals surface area contributed by atoms with Gasteiger partial charge in [-0.05, 0) is 12.8 Å². The Balaban J connectivity index is 2.44. The number of anilines is 1. The van der Waals surface area contributed by atoms with Crippen molar-refractivity contribution >= 4 is 11.8 Å². The molecule has 6 nitrogen and oxygen atoms in total. The minimum absolute atomic E-state index is 0.168. The lowest BCUT2D eigenvalue weighted by Crippen LogP contribution is -2.09. The topological polar surface area (TPSA) is 79.4 Å². The maximum absolute atomic E-state index is 11.3. The average molecular weight is 241 g/mol. The van der Waals surface area contributed by atoms with E-state index in [0.29, 0.717) is 19.0 Å². The number of nitrogens with zero attached hydrogens (tertiary/aromatic N) is 2. The first-order chi connectivity index (χ1) is 8.20. The molecule has 0 amide bonds. The highest BCUT2D eigenvalue weighted by Gasteiger charge is 2.15. The SMILES string of the molecule is CCCOCCCn1cnc(C(=O)OC)c1N. The Morgan fingerprint density at radius 2 is 2.29 bits per heavy atom. The monoisotopic (exact) mass is 241 g/mol. The van der Waals surface area contributed by atoms with E-state index in [4.69, 9.17) is 10.5 Å². The van der Waals surface area contributed by atoms with E-state index in [1.807, 2.05) is 0 Å². The van der Waals surface area contributed by atoms with E-state index in [1.54, 1.807) is 10.9 Å². The van der Waals surface area contributed by atoms with Crippen LogP contribution in [0.5, 0.6) is 0 Å². The Kier molecular flexibility index (Phi) is 5.48. The highest BCUT2D eigenvalue weighted by Crippen LogP contribution is 2.11. The summed E-state index contributed by atoms with van der Waals surface area (Å²) in [6, 6.07) is 0. The highest BCUT2D eigenvalue weighted by molar-refractivity contribution is 5.91. The number of hydrogen-bond acceptors (Lipinski definition) is 5. The number of hydrogen-bond donors (Lipinski definition) is 1. The Hall–Kier alpha value is -1.56. The summed E-state index contributed by atoms with van der Waals surface area (Å²) in [6.07, 6.45) is 3.39. The smallest absolute Gasteiger partial charge is 0.360 e. The molecule has 0 atom stereocenters. The van der Waals surface area contributed by atoms with Gasteiger partial charge in [0.25, 0.3) is 0 Å². The standard InChI is InChI=1S/C11H19N3O3/c1-3-6-17-7-4-5-14-8-13-9(10(14)12)11(15)16-2/h8H,3-7,12H2,1-2H3. The molecule has 1 aromatic rings. The van der Waals surface area contributed by atoms with Crippen LogP contribution in [0.25, 0.3) is 0 Å². The van der Waals surface area contributed by atoms with Crippen LogP contribution < -0.4 is 5.73 Å². The molecule has 96 valence electrons. The second-order valence-corrected chi connectivity index (χ2v) is 3.63. The molecule has 1 rings (SSSR count). The summed E-state index contributed by atoms with van der Waals surface area (Å²) in [5.74, 6) is -0.171. The zero-order valence-electron chi connectivity index (χ0n) is 10.3. The van der Waals surface area contributed by atoms with Crippen molar-refractivity contribution in [2.24, 2.45) is 0 Å². The number of methoxy groups -OCH3 is 1. The van der Waals surface area contributed by atoms with E-state index in [9.17, 15) is 4.79 Å². The molecule has 0 aliphatic heterocycles. The number of carbonyl (C=O) groups is 1. The number of carbonyl (C=O) groups excluding carboxylic acids is 1. The number of esters is 1. The van der Waals surface area contributed by atoms with Gasteiger partial charge in [0.15, 0.2) is 5.69 Å². The Morgan fingerprint density at radius 3 is 2.94 bits per heavy atom. The van der Waals surface area contributed by atoms with Crippen LogP contribution in [0.4, 0.5) is 5.82 Å². The van der Waals surface area contributed by atoms with E-state index in [-0.39, 0.29) is 5.69 Å². The number of nitrogens with two attached hydrogens (primary N) is 1. The Morgan fingerprint density at radius 1 is 1.53 bits per heavy atom. The molecular formula is C11H19N3O3. The number of rotatable bonds is 7. The summed E-state index contributed by atoms with van der Waals surface area (Å²) >= 11 is 0. The fraction of sp³-hybridized carbons (Fsp3) is 0.636. The van der Waals surface area contributed by atoms with Crippen molar-refractivity contribution in [1.82, 2.24) is 9.55 Å². The maximum Gasteiger partial charge on any atom is 0.360 e. The lowest BCUT2D eigenvalue weighted by molar-refractivity contribution is 0.0596. The van der Waals surface area contributed by atoms with Gasteiger partial charge in [-0.25, -0.2) is 9.78 Å². The summed E-state index contributed by atoms with van der Waals surface area (Å²) < 4.78 is 11.6. The molecule has 0 unspecified atom stereocenters. The van der Waals surface area contributed by atoms with Crippen molar-refractivity contribution in [3.8, 4) is 0 Å². The quantitative estimate of drug-likeness (QED) is 0.570. The molecule has 1 aromatic heterocycles. The van der Waals surface area contributed by atoms with E-state index < -0.39 is 5.97 Å². The van der Waals surface area contributed by atoms with Crippen molar-refractivity contribution in [3.05, 3.63) is 12.0 Å². The van der Waals surface area contributed by atoms with Gasteiger partial charge in [-0.2, -0.15) is 0 Å². The van der Waals surface area contributed by atoms with Gasteiger partial charge >= 0.3 is 5.97 Å². The zero-order valence-corrected chi connectivity index (χ0v) is 10.3. The van der Waals surface area contributed by atoms with Crippen LogP contribution in [0.3, 0.4) is 0 Å². The molecule has 6 heteroatoms. The highest BCUT2D eigenvalue weighted by atomic mass is 16.5. The van der Waals surface area contributed by atoms with E-state index >= 15 is 0 Å². The third-order valence-corrected chi connectivity index (χ3v) is 2.29. The minimum atomic E-state index is -0.511. The second-order valence-electron chi connectivity index (χ2n) is 3.63. The third kappa shape index (κ3) is 3.74. The third-order valence-electron chi connectivity index (χ3n) is 2.29. The molecule has 1 heterocycles. The normalized spacial score (nSPS) is 10.5. The summed E-state index contributed by atoms with van der Waals surface area (Å²) in [5, 5.41) is 0. The zero-order chi connectivity index (χ0) is 12.7. The number of nitrogen functional groups attached to an aromatic ring is 1. The van der Waals surface area contributed by atoms with Crippen molar-refractivity contribution in [3.63, 3.8) is 0 Å². The van der Waals surface area contributed by atoms with Gasteiger partial charge in [-0.1, -0.05) is 6.92 Å². The van der Waals surface area contributed by atoms with Crippen molar-refractivity contribution in [2.75, 3.05) is 26.1 Å². The van der Waals surface area contributed by atoms with Crippen LogP contribution in [0.1, 0.15) is 30.3 Å². The predicted octanol–water partition coefficient (Wildman–Crippen LogP) is 1.07. The van der Waals surface area contributed by atoms with Crippen LogP contribution in [-0.2, 0) is 16.0 Å². The lowest BCUT2D eigenvalue weighted by Gasteiger charge is -2.05.